The first kappa shape index (κ1) is 27.6. The fraction of sp³-hybridized carbons (Fsp3) is 0.600. The van der Waals surface area contributed by atoms with E-state index in [0.717, 1.165) is 23.7 Å². The summed E-state index contributed by atoms with van der Waals surface area (Å²) in [5.74, 6) is -0.908. The lowest BCUT2D eigenvalue weighted by molar-refractivity contribution is -0.147. The van der Waals surface area contributed by atoms with Crippen LogP contribution in [0.1, 0.15) is 50.0 Å². The molecule has 4 heterocycles. The van der Waals surface area contributed by atoms with Gasteiger partial charge in [-0.05, 0) is 61.1 Å². The number of aliphatic hydroxyl groups excluding tert-OH is 1. The van der Waals surface area contributed by atoms with E-state index < -0.39 is 35.9 Å². The number of piperidine rings is 2. The second-order valence-corrected chi connectivity index (χ2v) is 12.6. The Morgan fingerprint density at radius 1 is 1.22 bits per heavy atom. The number of aromatic amines is 1. The van der Waals surface area contributed by atoms with Crippen LogP contribution >= 0.6 is 0 Å². The fourth-order valence-corrected chi connectivity index (χ4v) is 7.17. The average molecular weight is 566 g/mol. The number of likely N-dealkylation sites (tertiary alicyclic amines) is 2. The van der Waals surface area contributed by atoms with Crippen LogP contribution in [0, 0.1) is 23.2 Å². The summed E-state index contributed by atoms with van der Waals surface area (Å²) in [6.07, 6.45) is 0.975. The number of amides is 4. The quantitative estimate of drug-likeness (QED) is 0.380. The summed E-state index contributed by atoms with van der Waals surface area (Å²) in [5, 5.41) is 17.7. The van der Waals surface area contributed by atoms with Crippen LogP contribution in [0.4, 0.5) is 0 Å². The van der Waals surface area contributed by atoms with Gasteiger partial charge in [0.05, 0.1) is 13.2 Å². The first-order valence-electron chi connectivity index (χ1n) is 14.6. The number of carbonyl (C=O) groups is 4. The van der Waals surface area contributed by atoms with Crippen molar-refractivity contribution in [1.82, 2.24) is 25.4 Å². The highest BCUT2D eigenvalue weighted by Crippen LogP contribution is 2.65. The Labute approximate surface area is 239 Å². The second-order valence-electron chi connectivity index (χ2n) is 12.6. The molecule has 6 atom stereocenters. The molecule has 3 saturated heterocycles. The number of benzene rings is 1. The number of ether oxygens (including phenoxy) is 1. The van der Waals surface area contributed by atoms with Gasteiger partial charge in [-0.2, -0.15) is 0 Å². The van der Waals surface area contributed by atoms with Gasteiger partial charge in [0, 0.05) is 43.0 Å². The van der Waals surface area contributed by atoms with Gasteiger partial charge < -0.3 is 35.3 Å². The smallest absolute Gasteiger partial charge is 0.271 e. The van der Waals surface area contributed by atoms with Crippen molar-refractivity contribution < 1.29 is 29.0 Å². The molecule has 1 aliphatic carbocycles. The van der Waals surface area contributed by atoms with E-state index in [0.29, 0.717) is 44.0 Å². The number of carbonyl (C=O) groups excluding carboxylic acids is 4. The predicted octanol–water partition coefficient (Wildman–Crippen LogP) is 1.27. The highest BCUT2D eigenvalue weighted by molar-refractivity contribution is 6.02. The maximum Gasteiger partial charge on any atom is 0.271 e. The molecule has 4 aliphatic rings. The van der Waals surface area contributed by atoms with Gasteiger partial charge in [-0.1, -0.05) is 19.9 Å². The van der Waals surface area contributed by atoms with E-state index in [4.69, 9.17) is 4.74 Å². The van der Waals surface area contributed by atoms with Crippen LogP contribution in [0.2, 0.25) is 0 Å². The lowest BCUT2D eigenvalue weighted by Crippen LogP contribution is -2.59. The number of nitrogens with zero attached hydrogens (tertiary/aromatic N) is 2. The van der Waals surface area contributed by atoms with Crippen LogP contribution in [0.3, 0.4) is 0 Å². The van der Waals surface area contributed by atoms with Gasteiger partial charge in [-0.25, -0.2) is 0 Å². The van der Waals surface area contributed by atoms with E-state index in [9.17, 15) is 24.3 Å². The number of rotatable bonds is 8. The maximum atomic E-state index is 14.0. The minimum absolute atomic E-state index is 0.0489. The second kappa shape index (κ2) is 10.3. The molecule has 11 heteroatoms. The van der Waals surface area contributed by atoms with Crippen LogP contribution in [-0.4, -0.2) is 95.0 Å². The molecule has 3 aliphatic heterocycles. The van der Waals surface area contributed by atoms with Crippen LogP contribution in [-0.2, 0) is 14.4 Å². The van der Waals surface area contributed by atoms with Gasteiger partial charge in [0.15, 0.2) is 6.10 Å². The molecule has 1 aromatic carbocycles. The van der Waals surface area contributed by atoms with E-state index in [1.807, 2.05) is 18.2 Å². The van der Waals surface area contributed by atoms with Gasteiger partial charge in [0.2, 0.25) is 11.8 Å². The zero-order chi connectivity index (χ0) is 29.1. The Balaban J connectivity index is 1.26. The summed E-state index contributed by atoms with van der Waals surface area (Å²) >= 11 is 0. The molecule has 1 aromatic heterocycles. The van der Waals surface area contributed by atoms with Gasteiger partial charge >= 0.3 is 0 Å². The lowest BCUT2D eigenvalue weighted by Gasteiger charge is -2.37. The largest absolute Gasteiger partial charge is 0.496 e. The molecule has 0 radical (unpaired) electrons. The molecule has 4 amide bonds. The minimum Gasteiger partial charge on any atom is -0.496 e. The van der Waals surface area contributed by atoms with E-state index in [-0.39, 0.29) is 35.5 Å². The Morgan fingerprint density at radius 3 is 2.68 bits per heavy atom. The van der Waals surface area contributed by atoms with E-state index in [2.05, 4.69) is 29.5 Å². The number of nitrogens with one attached hydrogen (secondary N) is 3. The van der Waals surface area contributed by atoms with E-state index in [1.165, 1.54) is 0 Å². The summed E-state index contributed by atoms with van der Waals surface area (Å²) in [4.78, 5) is 59.8. The maximum absolute atomic E-state index is 14.0. The summed E-state index contributed by atoms with van der Waals surface area (Å²) in [7, 11) is 1.58. The van der Waals surface area contributed by atoms with Crippen molar-refractivity contribution in [2.24, 2.45) is 23.2 Å². The van der Waals surface area contributed by atoms with Crippen molar-refractivity contribution in [3.05, 3.63) is 30.0 Å². The molecule has 0 spiro atoms. The number of fused-ring (bicyclic) bond motifs is 2. The number of H-pyrrole nitrogens is 1. The molecule has 0 bridgehead atoms. The van der Waals surface area contributed by atoms with Crippen LogP contribution in [0.25, 0.3) is 10.9 Å². The molecule has 1 unspecified atom stereocenters. The van der Waals surface area contributed by atoms with Gasteiger partial charge in [-0.3, -0.25) is 19.2 Å². The van der Waals surface area contributed by atoms with Crippen molar-refractivity contribution in [2.45, 2.75) is 57.7 Å². The van der Waals surface area contributed by atoms with Crippen LogP contribution in [0.15, 0.2) is 24.3 Å². The Hall–Kier alpha value is -3.60. The molecular formula is C30H39N5O6. The molecular weight excluding hydrogens is 526 g/mol. The SMILES string of the molecule is COc1cccc2[nH]c(C(=O)N3C[C@H]4[C@@H]([C@H]3C(=O)N[C@@H](C[C@@H]3CCCNC3=O)C(O)C(=O)N3CCC3)C4(C)C)cc12. The standard InChI is InChI=1S/C30H39N5O6/c1-30(2)18-15-35(28(39)21-14-17-19(32-21)8-4-9-22(17)41-3)24(23(18)30)27(38)33-20(13-16-7-5-10-31-26(16)37)25(36)29(40)34-11-6-12-34/h4,8-9,14,16,18,20,23-25,32,36H,5-7,10-13,15H2,1-3H3,(H,31,37)(H,33,38)/t16-,18-,20-,23-,24-,25?/m0/s1. The number of aliphatic hydroxyl groups is 1. The molecule has 1 saturated carbocycles. The van der Waals surface area contributed by atoms with E-state index >= 15 is 0 Å². The first-order chi connectivity index (χ1) is 19.6. The summed E-state index contributed by atoms with van der Waals surface area (Å²) in [6, 6.07) is 5.58. The summed E-state index contributed by atoms with van der Waals surface area (Å²) < 4.78 is 5.45. The molecule has 4 fully saturated rings. The highest BCUT2D eigenvalue weighted by Gasteiger charge is 2.69. The van der Waals surface area contributed by atoms with E-state index in [1.54, 1.807) is 23.0 Å². The molecule has 11 nitrogen and oxygen atoms in total. The van der Waals surface area contributed by atoms with Crippen LogP contribution in [0.5, 0.6) is 5.75 Å². The zero-order valence-electron chi connectivity index (χ0n) is 23.8. The van der Waals surface area contributed by atoms with Gasteiger partial charge in [0.1, 0.15) is 17.5 Å². The highest BCUT2D eigenvalue weighted by atomic mass is 16.5. The number of hydrogen-bond donors (Lipinski definition) is 4. The van der Waals surface area contributed by atoms with Crippen LogP contribution < -0.4 is 15.4 Å². The summed E-state index contributed by atoms with van der Waals surface area (Å²) in [5.41, 5.74) is 1.01. The Kier molecular flexibility index (Phi) is 6.96. The first-order valence-corrected chi connectivity index (χ1v) is 14.6. The molecule has 41 heavy (non-hydrogen) atoms. The predicted molar refractivity (Wildman–Crippen MR) is 150 cm³/mol. The Bertz CT molecular complexity index is 1380. The number of hydrogen-bond acceptors (Lipinski definition) is 6. The van der Waals surface area contributed by atoms with Crippen molar-refractivity contribution in [3.63, 3.8) is 0 Å². The normalized spacial score (nSPS) is 27.9. The third kappa shape index (κ3) is 4.73. The monoisotopic (exact) mass is 565 g/mol. The number of methoxy groups -OCH3 is 1. The number of aromatic nitrogens is 1. The molecule has 6 rings (SSSR count). The minimum atomic E-state index is -1.47. The van der Waals surface area contributed by atoms with Gasteiger partial charge in [-0.15, -0.1) is 0 Å². The molecule has 220 valence electrons. The molecule has 4 N–H and O–H groups in total. The summed E-state index contributed by atoms with van der Waals surface area (Å²) in [6.45, 7) is 6.37. The van der Waals surface area contributed by atoms with Crippen molar-refractivity contribution >= 4 is 34.5 Å². The zero-order valence-corrected chi connectivity index (χ0v) is 23.8. The van der Waals surface area contributed by atoms with Crippen molar-refractivity contribution in [3.8, 4) is 5.75 Å². The van der Waals surface area contributed by atoms with Crippen molar-refractivity contribution in [2.75, 3.05) is 33.3 Å². The average Bonchev–Trinajstić information content (AvgIpc) is 3.30. The Morgan fingerprint density at radius 2 is 2.00 bits per heavy atom. The van der Waals surface area contributed by atoms with Crippen molar-refractivity contribution in [1.29, 1.82) is 0 Å². The fourth-order valence-electron chi connectivity index (χ4n) is 7.17. The topological polar surface area (TPSA) is 144 Å². The molecule has 2 aromatic rings. The lowest BCUT2D eigenvalue weighted by atomic mass is 9.88. The third-order valence-corrected chi connectivity index (χ3v) is 9.88. The third-order valence-electron chi connectivity index (χ3n) is 9.88. The van der Waals surface area contributed by atoms with Gasteiger partial charge in [0.25, 0.3) is 11.8 Å².